The maximum Gasteiger partial charge on any atom is 0.226 e. The molecule has 0 radical (unpaired) electrons. The van der Waals surface area contributed by atoms with Gasteiger partial charge in [-0.2, -0.15) is 5.26 Å². The zero-order valence-electron chi connectivity index (χ0n) is 18.4. The van der Waals surface area contributed by atoms with Crippen LogP contribution >= 0.6 is 11.3 Å². The first-order chi connectivity index (χ1) is 15.1. The SMILES string of the molecule is CC1CCc2c(sc(NC(=O)CCN3CCCN(Cc4ccccc4)CC3)c2C#N)C1. The Labute approximate surface area is 189 Å². The van der Waals surface area contributed by atoms with Crippen molar-refractivity contribution in [2.24, 2.45) is 5.92 Å². The van der Waals surface area contributed by atoms with Crippen molar-refractivity contribution < 1.29 is 4.79 Å². The Bertz CT molecular complexity index is 933. The Morgan fingerprint density at radius 2 is 1.97 bits per heavy atom. The lowest BCUT2D eigenvalue weighted by Gasteiger charge is -2.21. The maximum atomic E-state index is 12.6. The number of fused-ring (bicyclic) bond motifs is 1. The van der Waals surface area contributed by atoms with Gasteiger partial charge < -0.3 is 10.2 Å². The van der Waals surface area contributed by atoms with Crippen LogP contribution in [0.25, 0.3) is 0 Å². The largest absolute Gasteiger partial charge is 0.317 e. The van der Waals surface area contributed by atoms with Gasteiger partial charge in [-0.25, -0.2) is 0 Å². The molecule has 0 spiro atoms. The van der Waals surface area contributed by atoms with Gasteiger partial charge in [0.15, 0.2) is 0 Å². The van der Waals surface area contributed by atoms with Gasteiger partial charge in [-0.3, -0.25) is 9.69 Å². The van der Waals surface area contributed by atoms with Crippen molar-refractivity contribution in [3.05, 3.63) is 51.9 Å². The van der Waals surface area contributed by atoms with E-state index in [4.69, 9.17) is 0 Å². The number of hydrogen-bond acceptors (Lipinski definition) is 5. The van der Waals surface area contributed by atoms with E-state index >= 15 is 0 Å². The Morgan fingerprint density at radius 1 is 1.19 bits per heavy atom. The molecule has 1 fully saturated rings. The van der Waals surface area contributed by atoms with Crippen molar-refractivity contribution in [2.45, 2.75) is 45.6 Å². The fourth-order valence-corrected chi connectivity index (χ4v) is 6.03. The minimum atomic E-state index is 0.0218. The van der Waals surface area contributed by atoms with Gasteiger partial charge in [-0.05, 0) is 55.8 Å². The van der Waals surface area contributed by atoms with Crippen LogP contribution in [0.2, 0.25) is 0 Å². The molecule has 1 aromatic carbocycles. The minimum absolute atomic E-state index is 0.0218. The molecule has 1 aliphatic carbocycles. The highest BCUT2D eigenvalue weighted by atomic mass is 32.1. The van der Waals surface area contributed by atoms with E-state index in [0.717, 1.165) is 70.0 Å². The third-order valence-electron chi connectivity index (χ3n) is 6.46. The molecule has 2 heterocycles. The highest BCUT2D eigenvalue weighted by molar-refractivity contribution is 7.16. The van der Waals surface area contributed by atoms with E-state index < -0.39 is 0 Å². The second-order valence-corrected chi connectivity index (χ2v) is 10.0. The van der Waals surface area contributed by atoms with E-state index in [1.54, 1.807) is 11.3 Å². The Balaban J connectivity index is 1.26. The van der Waals surface area contributed by atoms with Crippen LogP contribution in [-0.2, 0) is 24.2 Å². The fourth-order valence-electron chi connectivity index (χ4n) is 4.65. The predicted octanol–water partition coefficient (Wildman–Crippen LogP) is 4.28. The number of nitrogens with zero attached hydrogens (tertiary/aromatic N) is 3. The summed E-state index contributed by atoms with van der Waals surface area (Å²) in [7, 11) is 0. The standard InChI is InChI=1S/C25H32N4OS/c1-19-8-9-21-22(17-26)25(31-23(21)16-19)27-24(30)10-13-28-11-5-12-29(15-14-28)18-20-6-3-2-4-7-20/h2-4,6-7,19H,5,8-16,18H2,1H3,(H,27,30). The summed E-state index contributed by atoms with van der Waals surface area (Å²) in [6, 6.07) is 13.0. The second-order valence-electron chi connectivity index (χ2n) is 8.92. The average molecular weight is 437 g/mol. The highest BCUT2D eigenvalue weighted by Crippen LogP contribution is 2.39. The molecule has 6 heteroatoms. The number of anilines is 1. The molecule has 2 aliphatic rings. The van der Waals surface area contributed by atoms with E-state index in [-0.39, 0.29) is 5.91 Å². The molecule has 1 unspecified atom stereocenters. The number of nitriles is 1. The number of rotatable bonds is 6. The monoisotopic (exact) mass is 436 g/mol. The molecule has 1 atom stereocenters. The molecule has 5 nitrogen and oxygen atoms in total. The topological polar surface area (TPSA) is 59.4 Å². The number of nitrogens with one attached hydrogen (secondary N) is 1. The van der Waals surface area contributed by atoms with Crippen molar-refractivity contribution in [1.82, 2.24) is 9.80 Å². The quantitative estimate of drug-likeness (QED) is 0.734. The molecular weight excluding hydrogens is 404 g/mol. The van der Waals surface area contributed by atoms with Gasteiger partial charge in [0.2, 0.25) is 5.91 Å². The summed E-state index contributed by atoms with van der Waals surface area (Å²) in [5.74, 6) is 0.680. The maximum absolute atomic E-state index is 12.6. The first kappa shape index (κ1) is 22.0. The van der Waals surface area contributed by atoms with Crippen LogP contribution in [0, 0.1) is 17.2 Å². The molecule has 164 valence electrons. The van der Waals surface area contributed by atoms with Gasteiger partial charge in [0.25, 0.3) is 0 Å². The number of amides is 1. The number of thiophene rings is 1. The Morgan fingerprint density at radius 3 is 2.77 bits per heavy atom. The van der Waals surface area contributed by atoms with Crippen LogP contribution in [0.1, 0.15) is 47.8 Å². The molecule has 1 saturated heterocycles. The number of hydrogen-bond donors (Lipinski definition) is 1. The highest BCUT2D eigenvalue weighted by Gasteiger charge is 2.25. The molecule has 2 aromatic rings. The van der Waals surface area contributed by atoms with Crippen LogP contribution in [-0.4, -0.2) is 48.4 Å². The van der Waals surface area contributed by atoms with Crippen LogP contribution < -0.4 is 5.32 Å². The van der Waals surface area contributed by atoms with Crippen LogP contribution in [0.3, 0.4) is 0 Å². The van der Waals surface area contributed by atoms with Crippen LogP contribution in [0.5, 0.6) is 0 Å². The molecule has 0 bridgehead atoms. The van der Waals surface area contributed by atoms with Gasteiger partial charge in [0.1, 0.15) is 11.1 Å². The second kappa shape index (κ2) is 10.4. The summed E-state index contributed by atoms with van der Waals surface area (Å²) < 4.78 is 0. The lowest BCUT2D eigenvalue weighted by molar-refractivity contribution is -0.116. The molecule has 31 heavy (non-hydrogen) atoms. The van der Waals surface area contributed by atoms with Crippen molar-refractivity contribution in [3.63, 3.8) is 0 Å². The number of carbonyl (C=O) groups is 1. The van der Waals surface area contributed by atoms with Gasteiger partial charge in [0.05, 0.1) is 5.56 Å². The van der Waals surface area contributed by atoms with Gasteiger partial charge in [0, 0.05) is 37.5 Å². The van der Waals surface area contributed by atoms with Crippen molar-refractivity contribution in [2.75, 3.05) is 38.0 Å². The summed E-state index contributed by atoms with van der Waals surface area (Å²) in [6.45, 7) is 8.19. The summed E-state index contributed by atoms with van der Waals surface area (Å²) in [4.78, 5) is 18.8. The predicted molar refractivity (Wildman–Crippen MR) is 126 cm³/mol. The lowest BCUT2D eigenvalue weighted by atomic mass is 9.89. The summed E-state index contributed by atoms with van der Waals surface area (Å²) in [5, 5.41) is 13.4. The zero-order valence-corrected chi connectivity index (χ0v) is 19.2. The van der Waals surface area contributed by atoms with E-state index in [2.05, 4.69) is 58.4 Å². The van der Waals surface area contributed by atoms with Crippen LogP contribution in [0.4, 0.5) is 5.00 Å². The van der Waals surface area contributed by atoms with Gasteiger partial charge in [-0.1, -0.05) is 37.3 Å². The van der Waals surface area contributed by atoms with Crippen molar-refractivity contribution in [3.8, 4) is 6.07 Å². The van der Waals surface area contributed by atoms with Crippen LogP contribution in [0.15, 0.2) is 30.3 Å². The average Bonchev–Trinajstić information content (AvgIpc) is 2.94. The molecule has 1 amide bonds. The fraction of sp³-hybridized carbons (Fsp3) is 0.520. The molecule has 1 aliphatic heterocycles. The Hall–Kier alpha value is -2.20. The van der Waals surface area contributed by atoms with Crippen molar-refractivity contribution >= 4 is 22.2 Å². The van der Waals surface area contributed by atoms with E-state index in [0.29, 0.717) is 17.9 Å². The van der Waals surface area contributed by atoms with E-state index in [9.17, 15) is 10.1 Å². The van der Waals surface area contributed by atoms with Gasteiger partial charge >= 0.3 is 0 Å². The zero-order chi connectivity index (χ0) is 21.6. The van der Waals surface area contributed by atoms with Crippen molar-refractivity contribution in [1.29, 1.82) is 5.26 Å². The third kappa shape index (κ3) is 5.74. The summed E-state index contributed by atoms with van der Waals surface area (Å²) >= 11 is 1.61. The molecule has 0 saturated carbocycles. The summed E-state index contributed by atoms with van der Waals surface area (Å²) in [6.07, 6.45) is 4.71. The number of benzene rings is 1. The van der Waals surface area contributed by atoms with Gasteiger partial charge in [-0.15, -0.1) is 11.3 Å². The molecular formula is C25H32N4OS. The molecule has 1 aromatic heterocycles. The lowest BCUT2D eigenvalue weighted by Crippen LogP contribution is -2.32. The molecule has 1 N–H and O–H groups in total. The minimum Gasteiger partial charge on any atom is -0.317 e. The normalized spacial score (nSPS) is 19.9. The Kier molecular flexibility index (Phi) is 7.39. The number of carbonyl (C=O) groups excluding carboxylic acids is 1. The van der Waals surface area contributed by atoms with E-state index in [1.807, 2.05) is 0 Å². The first-order valence-electron chi connectivity index (χ1n) is 11.5. The summed E-state index contributed by atoms with van der Waals surface area (Å²) in [5.41, 5.74) is 3.23. The first-order valence-corrected chi connectivity index (χ1v) is 12.3. The van der Waals surface area contributed by atoms with E-state index in [1.165, 1.54) is 16.0 Å². The smallest absolute Gasteiger partial charge is 0.226 e. The molecule has 4 rings (SSSR count). The third-order valence-corrected chi connectivity index (χ3v) is 7.63.